The van der Waals surface area contributed by atoms with Crippen LogP contribution in [0.4, 0.5) is 0 Å². The highest BCUT2D eigenvalue weighted by Gasteiger charge is 2.73. The van der Waals surface area contributed by atoms with Gasteiger partial charge in [-0.05, 0) is 65.2 Å². The average Bonchev–Trinajstić information content (AvgIpc) is 3.43. The first-order chi connectivity index (χ1) is 13.5. The molecule has 5 rings (SSSR count). The summed E-state index contributed by atoms with van der Waals surface area (Å²) in [6.07, 6.45) is 16.2. The molecule has 3 aliphatic heterocycles. The zero-order valence-corrected chi connectivity index (χ0v) is 17.6. The molecule has 0 aromatic carbocycles. The van der Waals surface area contributed by atoms with E-state index in [1.165, 1.54) is 50.8 Å². The van der Waals surface area contributed by atoms with Crippen molar-refractivity contribution >= 4 is 0 Å². The predicted octanol–water partition coefficient (Wildman–Crippen LogP) is 3.80. The largest absolute Gasteiger partial charge is 0.363 e. The number of aromatic nitrogens is 2. The molecule has 5 heteroatoms. The molecule has 5 nitrogen and oxygen atoms in total. The minimum atomic E-state index is -0.0338. The zero-order chi connectivity index (χ0) is 19.4. The normalized spacial score (nSPS) is 40.3. The first-order valence-corrected chi connectivity index (χ1v) is 11.2. The standard InChI is InChI=1S/C23H35N3O2/c1-17(2)4-5-20-22(3,27-20)21-23(28-21)9-6-19(7-10-23)26-14-18(15-26)8-12-25-13-11-24-16-25/h4,11,13,16,18-21H,5-10,12,14-15H2,1-3H3/t19?,20-,21?,22-,23?/m1/s1. The van der Waals surface area contributed by atoms with Gasteiger partial charge < -0.3 is 14.0 Å². The maximum Gasteiger partial charge on any atom is 0.121 e. The third-order valence-corrected chi connectivity index (χ3v) is 7.67. The fourth-order valence-electron chi connectivity index (χ4n) is 5.65. The quantitative estimate of drug-likeness (QED) is 0.529. The van der Waals surface area contributed by atoms with E-state index in [1.54, 1.807) is 0 Å². The second-order valence-corrected chi connectivity index (χ2v) is 10.0. The maximum absolute atomic E-state index is 6.32. The van der Waals surface area contributed by atoms with E-state index in [2.05, 4.69) is 47.5 Å². The van der Waals surface area contributed by atoms with Crippen LogP contribution >= 0.6 is 0 Å². The van der Waals surface area contributed by atoms with Crippen LogP contribution in [0.3, 0.4) is 0 Å². The van der Waals surface area contributed by atoms with Gasteiger partial charge >= 0.3 is 0 Å². The van der Waals surface area contributed by atoms with Crippen molar-refractivity contribution in [3.05, 3.63) is 30.4 Å². The summed E-state index contributed by atoms with van der Waals surface area (Å²) in [5, 5.41) is 0. The molecule has 154 valence electrons. The number of hydrogen-bond donors (Lipinski definition) is 0. The third kappa shape index (κ3) is 3.46. The Kier molecular flexibility index (Phi) is 4.68. The van der Waals surface area contributed by atoms with Crippen LogP contribution in [-0.2, 0) is 16.0 Å². The van der Waals surface area contributed by atoms with Crippen LogP contribution in [0.5, 0.6) is 0 Å². The summed E-state index contributed by atoms with van der Waals surface area (Å²) in [7, 11) is 0. The Balaban J connectivity index is 1.04. The van der Waals surface area contributed by atoms with Crippen LogP contribution in [-0.4, -0.2) is 57.0 Å². The van der Waals surface area contributed by atoms with Crippen LogP contribution in [0.25, 0.3) is 0 Å². The van der Waals surface area contributed by atoms with Gasteiger partial charge in [-0.25, -0.2) is 4.98 Å². The van der Waals surface area contributed by atoms with Crippen molar-refractivity contribution < 1.29 is 9.47 Å². The molecule has 1 saturated carbocycles. The number of imidazole rings is 1. The minimum absolute atomic E-state index is 0.0338. The van der Waals surface area contributed by atoms with E-state index in [-0.39, 0.29) is 11.2 Å². The van der Waals surface area contributed by atoms with E-state index in [9.17, 15) is 0 Å². The summed E-state index contributed by atoms with van der Waals surface area (Å²) in [5.74, 6) is 0.859. The highest BCUT2D eigenvalue weighted by Crippen LogP contribution is 2.60. The summed E-state index contributed by atoms with van der Waals surface area (Å²) in [6.45, 7) is 10.3. The third-order valence-electron chi connectivity index (χ3n) is 7.67. The Labute approximate surface area is 169 Å². The summed E-state index contributed by atoms with van der Waals surface area (Å²) in [6, 6.07) is 0.773. The van der Waals surface area contributed by atoms with Gasteiger partial charge in [0.2, 0.25) is 0 Å². The van der Waals surface area contributed by atoms with Gasteiger partial charge in [-0.3, -0.25) is 4.90 Å². The van der Waals surface area contributed by atoms with E-state index in [0.717, 1.165) is 24.9 Å². The molecule has 1 spiro atoms. The lowest BCUT2D eigenvalue weighted by Crippen LogP contribution is -2.53. The van der Waals surface area contributed by atoms with Gasteiger partial charge in [0.05, 0.1) is 18.0 Å². The molecule has 0 amide bonds. The number of nitrogens with zero attached hydrogens (tertiary/aromatic N) is 3. The molecule has 4 heterocycles. The van der Waals surface area contributed by atoms with Gasteiger partial charge in [-0.2, -0.15) is 0 Å². The average molecular weight is 386 g/mol. The Hall–Kier alpha value is -1.17. The molecule has 3 atom stereocenters. The van der Waals surface area contributed by atoms with Crippen LogP contribution in [0.1, 0.15) is 59.3 Å². The molecule has 28 heavy (non-hydrogen) atoms. The minimum Gasteiger partial charge on any atom is -0.363 e. The molecular weight excluding hydrogens is 350 g/mol. The first-order valence-electron chi connectivity index (χ1n) is 11.2. The zero-order valence-electron chi connectivity index (χ0n) is 17.6. The molecule has 0 radical (unpaired) electrons. The van der Waals surface area contributed by atoms with Crippen LogP contribution in [0.15, 0.2) is 30.4 Å². The SMILES string of the molecule is CC(C)=CC[C@H]1O[C@@]1(C)C1OC12CCC(N1CC(CCn3ccnc3)C1)CC2. The lowest BCUT2D eigenvalue weighted by molar-refractivity contribution is 0.0182. The Bertz CT molecular complexity index is 712. The summed E-state index contributed by atoms with van der Waals surface area (Å²) >= 11 is 0. The number of epoxide rings is 2. The smallest absolute Gasteiger partial charge is 0.121 e. The molecule has 4 fully saturated rings. The first kappa shape index (κ1) is 18.8. The molecule has 1 unspecified atom stereocenters. The molecule has 1 aromatic rings. The second kappa shape index (κ2) is 6.96. The summed E-state index contributed by atoms with van der Waals surface area (Å²) in [4.78, 5) is 6.85. The summed E-state index contributed by atoms with van der Waals surface area (Å²) < 4.78 is 14.6. The number of likely N-dealkylation sites (tertiary alicyclic amines) is 1. The lowest BCUT2D eigenvalue weighted by Gasteiger charge is -2.46. The van der Waals surface area contributed by atoms with E-state index >= 15 is 0 Å². The molecule has 0 N–H and O–H groups in total. The number of allylic oxidation sites excluding steroid dienone is 1. The van der Waals surface area contributed by atoms with E-state index in [1.807, 2.05) is 12.5 Å². The van der Waals surface area contributed by atoms with Gasteiger partial charge in [0.1, 0.15) is 11.7 Å². The Morgan fingerprint density at radius 1 is 1.21 bits per heavy atom. The van der Waals surface area contributed by atoms with Crippen molar-refractivity contribution in [2.24, 2.45) is 5.92 Å². The van der Waals surface area contributed by atoms with Crippen molar-refractivity contribution in [1.29, 1.82) is 0 Å². The van der Waals surface area contributed by atoms with Gasteiger partial charge in [-0.1, -0.05) is 11.6 Å². The highest BCUT2D eigenvalue weighted by atomic mass is 16.7. The molecule has 4 aliphatic rings. The van der Waals surface area contributed by atoms with Crippen molar-refractivity contribution in [3.8, 4) is 0 Å². The monoisotopic (exact) mass is 385 g/mol. The number of ether oxygens (including phenoxy) is 2. The molecule has 3 saturated heterocycles. The van der Waals surface area contributed by atoms with Gasteiger partial charge in [-0.15, -0.1) is 0 Å². The maximum atomic E-state index is 6.32. The van der Waals surface area contributed by atoms with Crippen molar-refractivity contribution in [2.45, 2.75) is 95.3 Å². The van der Waals surface area contributed by atoms with Crippen molar-refractivity contribution in [2.75, 3.05) is 13.1 Å². The van der Waals surface area contributed by atoms with Crippen molar-refractivity contribution in [1.82, 2.24) is 14.5 Å². The Morgan fingerprint density at radius 2 is 2.00 bits per heavy atom. The van der Waals surface area contributed by atoms with E-state index in [4.69, 9.17) is 9.47 Å². The van der Waals surface area contributed by atoms with E-state index in [0.29, 0.717) is 12.2 Å². The fourth-order valence-corrected chi connectivity index (χ4v) is 5.65. The lowest BCUT2D eigenvalue weighted by atomic mass is 9.78. The second-order valence-electron chi connectivity index (χ2n) is 10.0. The van der Waals surface area contributed by atoms with Gasteiger partial charge in [0.15, 0.2) is 0 Å². The van der Waals surface area contributed by atoms with Crippen LogP contribution in [0.2, 0.25) is 0 Å². The number of rotatable bonds is 7. The van der Waals surface area contributed by atoms with Crippen LogP contribution < -0.4 is 0 Å². The fraction of sp³-hybridized carbons (Fsp3) is 0.783. The van der Waals surface area contributed by atoms with Crippen LogP contribution in [0, 0.1) is 5.92 Å². The van der Waals surface area contributed by atoms with E-state index < -0.39 is 0 Å². The van der Waals surface area contributed by atoms with Crippen molar-refractivity contribution in [3.63, 3.8) is 0 Å². The predicted molar refractivity (Wildman–Crippen MR) is 109 cm³/mol. The van der Waals surface area contributed by atoms with Gasteiger partial charge in [0, 0.05) is 38.1 Å². The van der Waals surface area contributed by atoms with Gasteiger partial charge in [0.25, 0.3) is 0 Å². The number of aryl methyl sites for hydroxylation is 1. The summed E-state index contributed by atoms with van der Waals surface area (Å²) in [5.41, 5.74) is 1.48. The molecule has 0 bridgehead atoms. The topological polar surface area (TPSA) is 46.1 Å². The molecule has 1 aromatic heterocycles. The molecule has 1 aliphatic carbocycles. The highest BCUT2D eigenvalue weighted by molar-refractivity contribution is 5.22. The molecular formula is C23H35N3O2. The number of hydrogen-bond acceptors (Lipinski definition) is 4. The Morgan fingerprint density at radius 3 is 2.68 bits per heavy atom.